The van der Waals surface area contributed by atoms with Crippen molar-refractivity contribution < 1.29 is 9.47 Å². The highest BCUT2D eigenvalue weighted by atomic mass is 16.5. The number of morpholine rings is 2. The first-order valence-corrected chi connectivity index (χ1v) is 12.2. The molecule has 0 aromatic heterocycles. The summed E-state index contributed by atoms with van der Waals surface area (Å²) in [4.78, 5) is 9.51. The normalized spacial score (nSPS) is 24.5. The van der Waals surface area contributed by atoms with Gasteiger partial charge in [0.25, 0.3) is 0 Å². The molecule has 2 aliphatic heterocycles. The highest BCUT2D eigenvalue weighted by Crippen LogP contribution is 2.17. The Labute approximate surface area is 194 Å². The largest absolute Gasteiger partial charge is 0.379 e. The summed E-state index contributed by atoms with van der Waals surface area (Å²) in [5.74, 6) is 1.42. The van der Waals surface area contributed by atoms with E-state index in [0.29, 0.717) is 12.0 Å². The van der Waals surface area contributed by atoms with Crippen molar-refractivity contribution in [1.82, 2.24) is 20.4 Å². The average molecular weight is 446 g/mol. The Morgan fingerprint density at radius 3 is 2.34 bits per heavy atom. The van der Waals surface area contributed by atoms with E-state index in [4.69, 9.17) is 9.47 Å². The zero-order valence-electron chi connectivity index (χ0n) is 20.6. The maximum atomic E-state index is 5.90. The first-order valence-electron chi connectivity index (χ1n) is 12.2. The van der Waals surface area contributed by atoms with Gasteiger partial charge in [0.2, 0.25) is 0 Å². The van der Waals surface area contributed by atoms with E-state index in [0.717, 1.165) is 65.0 Å². The van der Waals surface area contributed by atoms with Crippen LogP contribution in [0.4, 0.5) is 0 Å². The highest BCUT2D eigenvalue weighted by Gasteiger charge is 2.24. The molecule has 180 valence electrons. The third kappa shape index (κ3) is 7.44. The molecule has 3 atom stereocenters. The van der Waals surface area contributed by atoms with Crippen LogP contribution in [0.1, 0.15) is 38.8 Å². The molecule has 32 heavy (non-hydrogen) atoms. The van der Waals surface area contributed by atoms with Gasteiger partial charge in [-0.3, -0.25) is 14.8 Å². The smallest absolute Gasteiger partial charge is 0.191 e. The minimum Gasteiger partial charge on any atom is -0.379 e. The van der Waals surface area contributed by atoms with Gasteiger partial charge in [0.15, 0.2) is 5.96 Å². The zero-order chi connectivity index (χ0) is 22.9. The molecule has 3 rings (SSSR count). The molecule has 0 amide bonds. The van der Waals surface area contributed by atoms with Crippen molar-refractivity contribution in [3.63, 3.8) is 0 Å². The summed E-state index contributed by atoms with van der Waals surface area (Å²) in [6.07, 6.45) is 0.569. The van der Waals surface area contributed by atoms with E-state index in [-0.39, 0.29) is 12.2 Å². The number of nitrogens with one attached hydrogen (secondary N) is 2. The maximum absolute atomic E-state index is 5.90. The Balaban J connectivity index is 1.54. The van der Waals surface area contributed by atoms with Gasteiger partial charge < -0.3 is 20.1 Å². The second-order valence-electron chi connectivity index (χ2n) is 9.49. The Morgan fingerprint density at radius 1 is 1.06 bits per heavy atom. The molecule has 2 N–H and O–H groups in total. The van der Waals surface area contributed by atoms with Crippen LogP contribution in [0.3, 0.4) is 0 Å². The summed E-state index contributed by atoms with van der Waals surface area (Å²) >= 11 is 0. The van der Waals surface area contributed by atoms with Crippen LogP contribution >= 0.6 is 0 Å². The topological polar surface area (TPSA) is 61.4 Å². The van der Waals surface area contributed by atoms with E-state index < -0.39 is 0 Å². The molecule has 3 unspecified atom stereocenters. The standard InChI is InChI=1S/C25H43N5O2/c1-19(2)24(30-10-12-31-13-11-30)15-28-25(26-5)27-14-22-8-6-7-9-23(22)18-29-16-20(3)32-21(4)17-29/h6-9,19-21,24H,10-18H2,1-5H3,(H2,26,27,28). The number of hydrogen-bond donors (Lipinski definition) is 2. The third-order valence-corrected chi connectivity index (χ3v) is 6.44. The lowest BCUT2D eigenvalue weighted by molar-refractivity contribution is -0.0705. The van der Waals surface area contributed by atoms with Crippen molar-refractivity contribution in [2.24, 2.45) is 10.9 Å². The quantitative estimate of drug-likeness (QED) is 0.473. The molecule has 1 aromatic carbocycles. The van der Waals surface area contributed by atoms with Gasteiger partial charge >= 0.3 is 0 Å². The van der Waals surface area contributed by atoms with Crippen molar-refractivity contribution in [3.8, 4) is 0 Å². The molecule has 0 aliphatic carbocycles. The molecule has 0 spiro atoms. The number of guanidine groups is 1. The number of aliphatic imine (C=N–C) groups is 1. The van der Waals surface area contributed by atoms with Crippen LogP contribution in [-0.2, 0) is 22.6 Å². The summed E-state index contributed by atoms with van der Waals surface area (Å²) < 4.78 is 11.4. The van der Waals surface area contributed by atoms with Gasteiger partial charge in [-0.25, -0.2) is 0 Å². The molecule has 7 nitrogen and oxygen atoms in total. The van der Waals surface area contributed by atoms with Crippen molar-refractivity contribution in [2.45, 2.75) is 59.0 Å². The van der Waals surface area contributed by atoms with Crippen LogP contribution in [-0.4, -0.2) is 87.0 Å². The van der Waals surface area contributed by atoms with Crippen LogP contribution < -0.4 is 10.6 Å². The molecule has 2 fully saturated rings. The predicted molar refractivity (Wildman–Crippen MR) is 131 cm³/mol. The third-order valence-electron chi connectivity index (χ3n) is 6.44. The number of hydrogen-bond acceptors (Lipinski definition) is 5. The van der Waals surface area contributed by atoms with Crippen molar-refractivity contribution in [2.75, 3.05) is 53.0 Å². The average Bonchev–Trinajstić information content (AvgIpc) is 2.77. The number of nitrogens with zero attached hydrogens (tertiary/aromatic N) is 3. The Morgan fingerprint density at radius 2 is 1.72 bits per heavy atom. The molecule has 2 saturated heterocycles. The monoisotopic (exact) mass is 445 g/mol. The van der Waals surface area contributed by atoms with Crippen molar-refractivity contribution in [3.05, 3.63) is 35.4 Å². The molecular formula is C25H43N5O2. The van der Waals surface area contributed by atoms with Gasteiger partial charge in [-0.05, 0) is 30.9 Å². The fourth-order valence-electron chi connectivity index (χ4n) is 4.83. The van der Waals surface area contributed by atoms with Gasteiger partial charge in [0.1, 0.15) is 0 Å². The van der Waals surface area contributed by atoms with Crippen molar-refractivity contribution >= 4 is 5.96 Å². The fourth-order valence-corrected chi connectivity index (χ4v) is 4.83. The minimum absolute atomic E-state index is 0.285. The summed E-state index contributed by atoms with van der Waals surface area (Å²) in [7, 11) is 1.84. The molecule has 0 saturated carbocycles. The zero-order valence-corrected chi connectivity index (χ0v) is 20.6. The first kappa shape index (κ1) is 25.0. The van der Waals surface area contributed by atoms with Gasteiger partial charge in [0.05, 0.1) is 25.4 Å². The molecular weight excluding hydrogens is 402 g/mol. The van der Waals surface area contributed by atoms with E-state index in [1.807, 2.05) is 7.05 Å². The summed E-state index contributed by atoms with van der Waals surface area (Å²) in [5, 5.41) is 7.09. The summed E-state index contributed by atoms with van der Waals surface area (Å²) in [6.45, 7) is 17.1. The number of benzene rings is 1. The van der Waals surface area contributed by atoms with Crippen LogP contribution in [0.25, 0.3) is 0 Å². The lowest BCUT2D eigenvalue weighted by Crippen LogP contribution is -2.52. The van der Waals surface area contributed by atoms with Gasteiger partial charge in [0, 0.05) is 58.9 Å². The second kappa shape index (κ2) is 12.5. The second-order valence-corrected chi connectivity index (χ2v) is 9.49. The Kier molecular flexibility index (Phi) is 9.78. The molecule has 2 aliphatic rings. The number of ether oxygens (including phenoxy) is 2. The van der Waals surface area contributed by atoms with Crippen LogP contribution in [0, 0.1) is 5.92 Å². The fraction of sp³-hybridized carbons (Fsp3) is 0.720. The highest BCUT2D eigenvalue weighted by molar-refractivity contribution is 5.79. The van der Waals surface area contributed by atoms with Gasteiger partial charge in [-0.1, -0.05) is 38.1 Å². The predicted octanol–water partition coefficient (Wildman–Crippen LogP) is 2.32. The van der Waals surface area contributed by atoms with E-state index in [9.17, 15) is 0 Å². The number of rotatable bonds is 8. The van der Waals surface area contributed by atoms with Crippen LogP contribution in [0.2, 0.25) is 0 Å². The Hall–Kier alpha value is -1.67. The lowest BCUT2D eigenvalue weighted by atomic mass is 10.0. The van der Waals surface area contributed by atoms with Gasteiger partial charge in [-0.15, -0.1) is 0 Å². The minimum atomic E-state index is 0.285. The summed E-state index contributed by atoms with van der Waals surface area (Å²) in [6, 6.07) is 9.18. The molecule has 0 bridgehead atoms. The van der Waals surface area contributed by atoms with E-state index in [1.54, 1.807) is 0 Å². The SMILES string of the molecule is CN=C(NCc1ccccc1CN1CC(C)OC(C)C1)NCC(C(C)C)N1CCOCC1. The van der Waals surface area contributed by atoms with Crippen LogP contribution in [0.5, 0.6) is 0 Å². The van der Waals surface area contributed by atoms with E-state index >= 15 is 0 Å². The van der Waals surface area contributed by atoms with E-state index in [1.165, 1.54) is 11.1 Å². The molecule has 2 heterocycles. The molecule has 1 aromatic rings. The van der Waals surface area contributed by atoms with Gasteiger partial charge in [-0.2, -0.15) is 0 Å². The lowest BCUT2D eigenvalue weighted by Gasteiger charge is -2.37. The summed E-state index contributed by atoms with van der Waals surface area (Å²) in [5.41, 5.74) is 2.68. The maximum Gasteiger partial charge on any atom is 0.191 e. The first-order chi connectivity index (χ1) is 15.5. The van der Waals surface area contributed by atoms with E-state index in [2.05, 4.69) is 77.4 Å². The Bertz CT molecular complexity index is 710. The molecule has 0 radical (unpaired) electrons. The van der Waals surface area contributed by atoms with Crippen LogP contribution in [0.15, 0.2) is 29.3 Å². The molecule has 7 heteroatoms. The van der Waals surface area contributed by atoms with Crippen molar-refractivity contribution in [1.29, 1.82) is 0 Å².